The first-order valence-electron chi connectivity index (χ1n) is 5.38. The minimum Gasteiger partial charge on any atom is -0.307 e. The first-order valence-corrected chi connectivity index (χ1v) is 6.20. The minimum absolute atomic E-state index is 0.479. The predicted octanol–water partition coefficient (Wildman–Crippen LogP) is 3.08. The van der Waals surface area contributed by atoms with Crippen LogP contribution in [0.4, 0.5) is 0 Å². The normalized spacial score (nSPS) is 18.9. The van der Waals surface area contributed by atoms with Crippen LogP contribution in [0.5, 0.6) is 0 Å². The molecule has 0 bridgehead atoms. The molecule has 1 aliphatic carbocycles. The fourth-order valence-electron chi connectivity index (χ4n) is 1.45. The molecule has 0 radical (unpaired) electrons. The molecule has 78 valence electrons. The zero-order valence-corrected chi connectivity index (χ0v) is 9.90. The van der Waals surface area contributed by atoms with Crippen LogP contribution in [-0.2, 0) is 0 Å². The van der Waals surface area contributed by atoms with Gasteiger partial charge in [-0.05, 0) is 19.8 Å². The molecule has 0 aromatic carbocycles. The Morgan fingerprint density at radius 1 is 1.43 bits per heavy atom. The first-order chi connectivity index (χ1) is 6.66. The number of aromatic nitrogens is 1. The minimum atomic E-state index is 0.479. The van der Waals surface area contributed by atoms with Gasteiger partial charge >= 0.3 is 0 Å². The fourth-order valence-corrected chi connectivity index (χ4v) is 2.39. The van der Waals surface area contributed by atoms with Crippen molar-refractivity contribution in [2.24, 2.45) is 0 Å². The quantitative estimate of drug-likeness (QED) is 0.826. The van der Waals surface area contributed by atoms with Crippen molar-refractivity contribution in [1.82, 2.24) is 10.3 Å². The van der Waals surface area contributed by atoms with Gasteiger partial charge in [-0.2, -0.15) is 0 Å². The fraction of sp³-hybridized carbons (Fsp3) is 0.727. The van der Waals surface area contributed by atoms with Gasteiger partial charge in [0.1, 0.15) is 0 Å². The molecule has 1 fully saturated rings. The van der Waals surface area contributed by atoms with E-state index in [4.69, 9.17) is 0 Å². The highest BCUT2D eigenvalue weighted by Gasteiger charge is 2.24. The molecule has 0 unspecified atom stereocenters. The van der Waals surface area contributed by atoms with Gasteiger partial charge in [0, 0.05) is 29.1 Å². The molecular formula is C11H18N2S. The zero-order valence-electron chi connectivity index (χ0n) is 9.08. The maximum absolute atomic E-state index is 4.44. The average molecular weight is 210 g/mol. The average Bonchev–Trinajstić information content (AvgIpc) is 2.81. The molecule has 1 saturated carbocycles. The Bertz CT molecular complexity index is 302. The highest BCUT2D eigenvalue weighted by Crippen LogP contribution is 2.28. The Labute approximate surface area is 89.8 Å². The van der Waals surface area contributed by atoms with Gasteiger partial charge in [-0.15, -0.1) is 11.3 Å². The van der Waals surface area contributed by atoms with E-state index >= 15 is 0 Å². The van der Waals surface area contributed by atoms with E-state index in [9.17, 15) is 0 Å². The lowest BCUT2D eigenvalue weighted by molar-refractivity contribution is 0.578. The molecule has 1 atom stereocenters. The molecule has 1 aromatic rings. The molecule has 1 heterocycles. The Morgan fingerprint density at radius 3 is 2.64 bits per heavy atom. The largest absolute Gasteiger partial charge is 0.307 e. The highest BCUT2D eigenvalue weighted by atomic mass is 32.1. The summed E-state index contributed by atoms with van der Waals surface area (Å²) < 4.78 is 0. The van der Waals surface area contributed by atoms with Crippen molar-refractivity contribution in [3.63, 3.8) is 0 Å². The number of hydrogen-bond acceptors (Lipinski definition) is 3. The van der Waals surface area contributed by atoms with E-state index in [2.05, 4.69) is 31.1 Å². The van der Waals surface area contributed by atoms with Gasteiger partial charge < -0.3 is 5.32 Å². The van der Waals surface area contributed by atoms with Crippen molar-refractivity contribution in [2.75, 3.05) is 0 Å². The van der Waals surface area contributed by atoms with Gasteiger partial charge in [-0.1, -0.05) is 13.8 Å². The molecule has 0 spiro atoms. The van der Waals surface area contributed by atoms with E-state index < -0.39 is 0 Å². The molecular weight excluding hydrogens is 192 g/mol. The molecule has 1 aromatic heterocycles. The van der Waals surface area contributed by atoms with Gasteiger partial charge in [-0.3, -0.25) is 0 Å². The highest BCUT2D eigenvalue weighted by molar-refractivity contribution is 7.11. The second kappa shape index (κ2) is 3.99. The van der Waals surface area contributed by atoms with Crippen LogP contribution >= 0.6 is 11.3 Å². The summed E-state index contributed by atoms with van der Waals surface area (Å²) in [6.45, 7) is 6.62. The van der Waals surface area contributed by atoms with E-state index in [1.165, 1.54) is 22.7 Å². The second-order valence-electron chi connectivity index (χ2n) is 4.42. The van der Waals surface area contributed by atoms with Gasteiger partial charge in [0.2, 0.25) is 0 Å². The smallest absolute Gasteiger partial charge is 0.0953 e. The standard InChI is InChI=1S/C11H18N2S/c1-7(2)11-12-6-10(14-11)8(3)13-9-4-5-9/h6-9,13H,4-5H2,1-3H3/t8-/m0/s1. The molecule has 2 rings (SSSR count). The second-order valence-corrected chi connectivity index (χ2v) is 5.51. The van der Waals surface area contributed by atoms with Crippen LogP contribution in [0.3, 0.4) is 0 Å². The number of nitrogens with zero attached hydrogens (tertiary/aromatic N) is 1. The van der Waals surface area contributed by atoms with Crippen molar-refractivity contribution < 1.29 is 0 Å². The monoisotopic (exact) mass is 210 g/mol. The lowest BCUT2D eigenvalue weighted by Gasteiger charge is -2.09. The van der Waals surface area contributed by atoms with Crippen LogP contribution in [0.25, 0.3) is 0 Å². The number of thiazole rings is 1. The van der Waals surface area contributed by atoms with E-state index in [0.717, 1.165) is 6.04 Å². The molecule has 14 heavy (non-hydrogen) atoms. The number of hydrogen-bond donors (Lipinski definition) is 1. The molecule has 0 aliphatic heterocycles. The van der Waals surface area contributed by atoms with Crippen LogP contribution in [0.15, 0.2) is 6.20 Å². The Morgan fingerprint density at radius 2 is 2.14 bits per heavy atom. The van der Waals surface area contributed by atoms with E-state index in [1.807, 2.05) is 17.5 Å². The summed E-state index contributed by atoms with van der Waals surface area (Å²) in [4.78, 5) is 5.82. The predicted molar refractivity (Wildman–Crippen MR) is 60.8 cm³/mol. The van der Waals surface area contributed by atoms with Gasteiger partial charge in [-0.25, -0.2) is 4.98 Å². The topological polar surface area (TPSA) is 24.9 Å². The summed E-state index contributed by atoms with van der Waals surface area (Å²) in [5, 5.41) is 4.85. The third kappa shape index (κ3) is 2.34. The molecule has 1 aliphatic rings. The van der Waals surface area contributed by atoms with Crippen molar-refractivity contribution in [3.8, 4) is 0 Å². The van der Waals surface area contributed by atoms with E-state index in [0.29, 0.717) is 12.0 Å². The summed E-state index contributed by atoms with van der Waals surface area (Å²) in [5.74, 6) is 0.557. The maximum Gasteiger partial charge on any atom is 0.0953 e. The molecule has 0 saturated heterocycles. The molecule has 2 nitrogen and oxygen atoms in total. The maximum atomic E-state index is 4.44. The van der Waals surface area contributed by atoms with Gasteiger partial charge in [0.25, 0.3) is 0 Å². The molecule has 1 N–H and O–H groups in total. The van der Waals surface area contributed by atoms with Gasteiger partial charge in [0.15, 0.2) is 0 Å². The summed E-state index contributed by atoms with van der Waals surface area (Å²) in [7, 11) is 0. The van der Waals surface area contributed by atoms with Crippen LogP contribution in [0.2, 0.25) is 0 Å². The lowest BCUT2D eigenvalue weighted by Crippen LogP contribution is -2.19. The first kappa shape index (κ1) is 10.1. The van der Waals surface area contributed by atoms with Crippen LogP contribution in [-0.4, -0.2) is 11.0 Å². The van der Waals surface area contributed by atoms with Crippen LogP contribution in [0.1, 0.15) is 55.5 Å². The molecule has 3 heteroatoms. The van der Waals surface area contributed by atoms with E-state index in [1.54, 1.807) is 0 Å². The summed E-state index contributed by atoms with van der Waals surface area (Å²) >= 11 is 1.85. The SMILES string of the molecule is CC(C)c1ncc([C@H](C)NC2CC2)s1. The van der Waals surface area contributed by atoms with Gasteiger partial charge in [0.05, 0.1) is 5.01 Å². The van der Waals surface area contributed by atoms with Crippen molar-refractivity contribution >= 4 is 11.3 Å². The van der Waals surface area contributed by atoms with Crippen molar-refractivity contribution in [1.29, 1.82) is 0 Å². The number of nitrogens with one attached hydrogen (secondary N) is 1. The Balaban J connectivity index is 1.99. The van der Waals surface area contributed by atoms with Crippen molar-refractivity contribution in [3.05, 3.63) is 16.1 Å². The van der Waals surface area contributed by atoms with Crippen molar-refractivity contribution in [2.45, 2.75) is 51.6 Å². The Hall–Kier alpha value is -0.410. The summed E-state index contributed by atoms with van der Waals surface area (Å²) in [6.07, 6.45) is 4.72. The lowest BCUT2D eigenvalue weighted by atomic mass is 10.2. The molecule has 0 amide bonds. The zero-order chi connectivity index (χ0) is 10.1. The van der Waals surface area contributed by atoms with Crippen LogP contribution in [0, 0.1) is 0 Å². The van der Waals surface area contributed by atoms with Crippen LogP contribution < -0.4 is 5.32 Å². The summed E-state index contributed by atoms with van der Waals surface area (Å²) in [6, 6.07) is 1.25. The third-order valence-electron chi connectivity index (χ3n) is 2.53. The summed E-state index contributed by atoms with van der Waals surface area (Å²) in [5.41, 5.74) is 0. The Kier molecular flexibility index (Phi) is 2.88. The third-order valence-corrected chi connectivity index (χ3v) is 4.01. The van der Waals surface area contributed by atoms with E-state index in [-0.39, 0.29) is 0 Å². The number of rotatable bonds is 4.